The minimum atomic E-state index is -5.52. The Morgan fingerprint density at radius 2 is 0.611 bits per heavy atom. The van der Waals surface area contributed by atoms with Crippen molar-refractivity contribution in [2.45, 2.75) is 0 Å². The summed E-state index contributed by atoms with van der Waals surface area (Å²) in [6, 6.07) is 0. The molecule has 0 unspecified atom stereocenters. The predicted octanol–water partition coefficient (Wildman–Crippen LogP) is -4.93. The second-order valence-corrected chi connectivity index (χ2v) is 5.59. The van der Waals surface area contributed by atoms with Crippen molar-refractivity contribution in [3.05, 3.63) is 0 Å². The van der Waals surface area contributed by atoms with Gasteiger partial charge in [-0.2, -0.15) is 0 Å². The van der Waals surface area contributed by atoms with E-state index in [4.69, 9.17) is 48.5 Å². The second-order valence-electron chi connectivity index (χ2n) is 1.16. The standard InChI is InChI=1S/Bi.Mo.5H2O.8O.3V.3H/h;;5*1H2;;;;;;;;;;;;;;/q;+2;;;;;;;;;;;;;;3*+1;;;/p-5. The predicted molar refractivity (Wildman–Crippen MR) is 26.5 cm³/mol. The summed E-state index contributed by atoms with van der Waals surface area (Å²) < 4.78 is 105. The van der Waals surface area contributed by atoms with E-state index in [1.807, 2.05) is 0 Å². The van der Waals surface area contributed by atoms with Crippen molar-refractivity contribution in [3.8, 4) is 0 Å². The molecule has 0 rings (SSSR count). The number of rotatable bonds is 0. The van der Waals surface area contributed by atoms with Crippen LogP contribution in [0.15, 0.2) is 0 Å². The van der Waals surface area contributed by atoms with Crippen molar-refractivity contribution in [3.63, 3.8) is 0 Å². The van der Waals surface area contributed by atoms with Gasteiger partial charge in [-0.15, -0.1) is 0 Å². The molecule has 0 spiro atoms. The van der Waals surface area contributed by atoms with E-state index >= 15 is 0 Å². The van der Waals surface area contributed by atoms with E-state index in [-0.39, 0.29) is 26.2 Å². The zero-order valence-corrected chi connectivity index (χ0v) is 19.7. The van der Waals surface area contributed by atoms with Gasteiger partial charge in [0.25, 0.3) is 0 Å². The molecule has 112 valence electrons. The second kappa shape index (κ2) is 20.8. The Hall–Kier alpha value is 1.52. The fourth-order valence-electron chi connectivity index (χ4n) is 0. The summed E-state index contributed by atoms with van der Waals surface area (Å²) in [4.78, 5) is 0. The molecule has 0 aromatic heterocycles. The number of hydrogen-bond acceptors (Lipinski definition) is 8. The third-order valence-corrected chi connectivity index (χ3v) is 0. The van der Waals surface area contributed by atoms with Gasteiger partial charge in [-0.3, -0.25) is 0 Å². The summed E-state index contributed by atoms with van der Waals surface area (Å²) >= 11 is -16.6. The van der Waals surface area contributed by atoms with Crippen LogP contribution in [-0.4, -0.2) is 45.8 Å². The van der Waals surface area contributed by atoms with Gasteiger partial charge >= 0.3 is 138 Å². The molecule has 0 radical (unpaired) electrons. The summed E-state index contributed by atoms with van der Waals surface area (Å²) in [5.74, 6) is 0. The molecule has 0 bridgehead atoms. The first-order valence-corrected chi connectivity index (χ1v) is 11.1. The zero-order chi connectivity index (χ0) is 15.2. The van der Waals surface area contributed by atoms with E-state index in [1.165, 1.54) is 0 Å². The average molecular weight is 674 g/mol. The Bertz CT molecular complexity index is 381. The van der Waals surface area contributed by atoms with Crippen LogP contribution in [0.3, 0.4) is 0 Å². The van der Waals surface area contributed by atoms with Crippen molar-refractivity contribution in [2.75, 3.05) is 0 Å². The first-order chi connectivity index (χ1) is 7.20. The summed E-state index contributed by atoms with van der Waals surface area (Å²) in [5.41, 5.74) is 0. The maximum atomic E-state index is 8.85. The van der Waals surface area contributed by atoms with Crippen LogP contribution in [0.4, 0.5) is 0 Å². The summed E-state index contributed by atoms with van der Waals surface area (Å²) in [6.07, 6.45) is 0. The van der Waals surface area contributed by atoms with E-state index in [9.17, 15) is 0 Å². The van der Waals surface area contributed by atoms with Gasteiger partial charge in [0.15, 0.2) is 0 Å². The fraction of sp³-hybridized carbons (Fsp3) is 0. The Labute approximate surface area is 136 Å². The van der Waals surface area contributed by atoms with Crippen LogP contribution >= 0.6 is 0 Å². The Kier molecular flexibility index (Phi) is 36.8. The average Bonchev–Trinajstić information content (AvgIpc) is 1.73. The SMILES string of the molecule is [BiH3].[O]=[Mo](=[O])([OH])[OH].[O]=[V](=[O])[OH].[O]=[V](=[O])[OH].[O]=[V](=[O])[OH]. The van der Waals surface area contributed by atoms with Gasteiger partial charge < -0.3 is 0 Å². The Morgan fingerprint density at radius 3 is 0.611 bits per heavy atom. The molecule has 0 aliphatic rings. The molecule has 0 aromatic carbocycles. The zero-order valence-electron chi connectivity index (χ0n) is 7.96. The number of hydrogen-bond donors (Lipinski definition) is 5. The molecule has 5 N–H and O–H groups in total. The van der Waals surface area contributed by atoms with Crippen molar-refractivity contribution < 1.29 is 111 Å². The topological polar surface area (TPSA) is 238 Å². The monoisotopic (exact) mass is 676 g/mol. The molecular formula is H8BiMoO13V3. The van der Waals surface area contributed by atoms with Crippen LogP contribution in [0.2, 0.25) is 0 Å². The van der Waals surface area contributed by atoms with Gasteiger partial charge in [-0.05, 0) is 0 Å². The molecule has 18 heavy (non-hydrogen) atoms. The minimum absolute atomic E-state index is 0. The molecule has 0 atom stereocenters. The van der Waals surface area contributed by atoms with Gasteiger partial charge in [0.2, 0.25) is 0 Å². The molecule has 0 aliphatic heterocycles. The quantitative estimate of drug-likeness (QED) is 0.152. The van der Waals surface area contributed by atoms with Crippen LogP contribution in [0, 0.1) is 0 Å². The molecule has 0 fully saturated rings. The van der Waals surface area contributed by atoms with Crippen LogP contribution in [-0.2, 0) is 91.8 Å². The summed E-state index contributed by atoms with van der Waals surface area (Å²) in [5, 5.41) is 0. The van der Waals surface area contributed by atoms with Gasteiger partial charge in [0, 0.05) is 0 Å². The van der Waals surface area contributed by atoms with Crippen molar-refractivity contribution in [2.24, 2.45) is 0 Å². The third kappa shape index (κ3) is 2060. The third-order valence-electron chi connectivity index (χ3n) is 0. The molecule has 18 heteroatoms. The molecular weight excluding hydrogens is 666 g/mol. The van der Waals surface area contributed by atoms with Crippen LogP contribution in [0.1, 0.15) is 0 Å². The van der Waals surface area contributed by atoms with Crippen LogP contribution < -0.4 is 0 Å². The van der Waals surface area contributed by atoms with Crippen LogP contribution in [0.5, 0.6) is 0 Å². The first kappa shape index (κ1) is 31.8. The van der Waals surface area contributed by atoms with Crippen molar-refractivity contribution in [1.29, 1.82) is 0 Å². The molecule has 13 nitrogen and oxygen atoms in total. The van der Waals surface area contributed by atoms with E-state index < -0.39 is 62.9 Å². The van der Waals surface area contributed by atoms with Gasteiger partial charge in [0.05, 0.1) is 0 Å². The van der Waals surface area contributed by atoms with E-state index in [2.05, 4.69) is 0 Å². The molecule has 0 saturated heterocycles. The van der Waals surface area contributed by atoms with E-state index in [0.29, 0.717) is 0 Å². The van der Waals surface area contributed by atoms with E-state index in [0.717, 1.165) is 0 Å². The molecule has 0 heterocycles. The van der Waals surface area contributed by atoms with Crippen molar-refractivity contribution in [1.82, 2.24) is 0 Å². The fourth-order valence-corrected chi connectivity index (χ4v) is 0. The van der Waals surface area contributed by atoms with Gasteiger partial charge in [0.1, 0.15) is 0 Å². The molecule has 0 saturated carbocycles. The molecule has 0 aromatic rings. The van der Waals surface area contributed by atoms with Crippen molar-refractivity contribution >= 4 is 26.2 Å². The normalized spacial score (nSPS) is 7.39. The van der Waals surface area contributed by atoms with E-state index in [1.54, 1.807) is 0 Å². The molecule has 0 amide bonds. The summed E-state index contributed by atoms with van der Waals surface area (Å²) in [6.45, 7) is 0. The van der Waals surface area contributed by atoms with Crippen LogP contribution in [0.25, 0.3) is 0 Å². The Morgan fingerprint density at radius 1 is 0.611 bits per heavy atom. The van der Waals surface area contributed by atoms with Gasteiger partial charge in [-0.25, -0.2) is 0 Å². The Balaban J connectivity index is -0.0000000412. The first-order valence-electron chi connectivity index (χ1n) is 2.39. The molecule has 0 aliphatic carbocycles. The summed E-state index contributed by atoms with van der Waals surface area (Å²) in [7, 11) is 0. The van der Waals surface area contributed by atoms with Gasteiger partial charge in [-0.1, -0.05) is 0 Å². The maximum absolute atomic E-state index is 8.85.